The number of benzene rings is 2. The molecule has 19 heavy (non-hydrogen) atoms. The van der Waals surface area contributed by atoms with E-state index in [0.717, 1.165) is 6.42 Å². The van der Waals surface area contributed by atoms with Gasteiger partial charge in [0.1, 0.15) is 0 Å². The van der Waals surface area contributed by atoms with E-state index in [1.54, 1.807) is 0 Å². The Morgan fingerprint density at radius 2 is 1.58 bits per heavy atom. The molecule has 1 aliphatic rings. The van der Waals surface area contributed by atoms with Gasteiger partial charge < -0.3 is 5.11 Å². The van der Waals surface area contributed by atoms with Crippen molar-refractivity contribution in [1.82, 2.24) is 0 Å². The molecule has 0 saturated carbocycles. The maximum absolute atomic E-state index is 10.4. The summed E-state index contributed by atoms with van der Waals surface area (Å²) in [4.78, 5) is 0. The Kier molecular flexibility index (Phi) is 3.11. The SMILES string of the molecule is C#CCC(O)C1c2ccccc2Cc2ccccc21. The zero-order valence-corrected chi connectivity index (χ0v) is 10.7. The fourth-order valence-electron chi connectivity index (χ4n) is 3.02. The Morgan fingerprint density at radius 3 is 2.11 bits per heavy atom. The quantitative estimate of drug-likeness (QED) is 0.810. The van der Waals surface area contributed by atoms with E-state index in [-0.39, 0.29) is 5.92 Å². The summed E-state index contributed by atoms with van der Waals surface area (Å²) in [5, 5.41) is 10.4. The molecular weight excluding hydrogens is 232 g/mol. The summed E-state index contributed by atoms with van der Waals surface area (Å²) in [5.41, 5.74) is 5.01. The van der Waals surface area contributed by atoms with Crippen LogP contribution in [0.15, 0.2) is 48.5 Å². The molecule has 0 radical (unpaired) electrons. The minimum atomic E-state index is -0.521. The minimum Gasteiger partial charge on any atom is -0.391 e. The van der Waals surface area contributed by atoms with Gasteiger partial charge >= 0.3 is 0 Å². The van der Waals surface area contributed by atoms with Crippen LogP contribution in [0.5, 0.6) is 0 Å². The van der Waals surface area contributed by atoms with Crippen molar-refractivity contribution >= 4 is 0 Å². The second-order valence-corrected chi connectivity index (χ2v) is 5.03. The van der Waals surface area contributed by atoms with Crippen LogP contribution in [0.25, 0.3) is 0 Å². The highest BCUT2D eigenvalue weighted by molar-refractivity contribution is 5.49. The maximum Gasteiger partial charge on any atom is 0.0758 e. The Labute approximate surface area is 113 Å². The van der Waals surface area contributed by atoms with E-state index < -0.39 is 6.10 Å². The summed E-state index contributed by atoms with van der Waals surface area (Å²) >= 11 is 0. The first-order chi connectivity index (χ1) is 9.31. The Balaban J connectivity index is 2.14. The van der Waals surface area contributed by atoms with Gasteiger partial charge in [-0.25, -0.2) is 0 Å². The molecule has 0 aromatic heterocycles. The molecular formula is C18H16O. The van der Waals surface area contributed by atoms with E-state index >= 15 is 0 Å². The lowest BCUT2D eigenvalue weighted by Crippen LogP contribution is -2.24. The first kappa shape index (κ1) is 12.0. The monoisotopic (exact) mass is 248 g/mol. The second-order valence-electron chi connectivity index (χ2n) is 5.03. The van der Waals surface area contributed by atoms with Gasteiger partial charge in [-0.3, -0.25) is 0 Å². The highest BCUT2D eigenvalue weighted by Crippen LogP contribution is 2.39. The van der Waals surface area contributed by atoms with Gasteiger partial charge in [0.05, 0.1) is 6.10 Å². The number of hydrogen-bond acceptors (Lipinski definition) is 1. The minimum absolute atomic E-state index is 0.00259. The maximum atomic E-state index is 10.4. The first-order valence-corrected chi connectivity index (χ1v) is 6.58. The molecule has 1 N–H and O–H groups in total. The molecule has 0 aliphatic heterocycles. The molecule has 1 atom stereocenters. The van der Waals surface area contributed by atoms with Crippen molar-refractivity contribution in [2.75, 3.05) is 0 Å². The third-order valence-electron chi connectivity index (χ3n) is 3.87. The van der Waals surface area contributed by atoms with Crippen LogP contribution in [0.2, 0.25) is 0 Å². The molecule has 2 aromatic rings. The number of terminal acetylenes is 1. The molecule has 1 heteroatoms. The Bertz CT molecular complexity index is 591. The highest BCUT2D eigenvalue weighted by Gasteiger charge is 2.29. The van der Waals surface area contributed by atoms with Crippen LogP contribution >= 0.6 is 0 Å². The summed E-state index contributed by atoms with van der Waals surface area (Å²) in [6.07, 6.45) is 6.16. The Hall–Kier alpha value is -2.04. The van der Waals surface area contributed by atoms with Crippen LogP contribution in [0.3, 0.4) is 0 Å². The van der Waals surface area contributed by atoms with Gasteiger partial charge in [0.15, 0.2) is 0 Å². The van der Waals surface area contributed by atoms with Gasteiger partial charge in [0.25, 0.3) is 0 Å². The van der Waals surface area contributed by atoms with E-state index in [4.69, 9.17) is 6.42 Å². The lowest BCUT2D eigenvalue weighted by Gasteiger charge is -2.31. The summed E-state index contributed by atoms with van der Waals surface area (Å²) in [7, 11) is 0. The van der Waals surface area contributed by atoms with Gasteiger partial charge in [-0.05, 0) is 28.7 Å². The van der Waals surface area contributed by atoms with E-state index in [9.17, 15) is 5.11 Å². The summed E-state index contributed by atoms with van der Waals surface area (Å²) in [5.74, 6) is 2.57. The van der Waals surface area contributed by atoms with Gasteiger partial charge in [-0.1, -0.05) is 48.5 Å². The molecule has 0 fully saturated rings. The van der Waals surface area contributed by atoms with Crippen molar-refractivity contribution in [2.24, 2.45) is 0 Å². The molecule has 1 unspecified atom stereocenters. The van der Waals surface area contributed by atoms with Crippen LogP contribution < -0.4 is 0 Å². The van der Waals surface area contributed by atoms with Crippen molar-refractivity contribution in [2.45, 2.75) is 24.9 Å². The molecule has 0 spiro atoms. The van der Waals surface area contributed by atoms with E-state index in [1.165, 1.54) is 22.3 Å². The largest absolute Gasteiger partial charge is 0.391 e. The van der Waals surface area contributed by atoms with Gasteiger partial charge in [-0.15, -0.1) is 12.3 Å². The lowest BCUT2D eigenvalue weighted by atomic mass is 9.75. The molecule has 0 bridgehead atoms. The van der Waals surface area contributed by atoms with E-state index in [2.05, 4.69) is 42.3 Å². The second kappa shape index (κ2) is 4.91. The van der Waals surface area contributed by atoms with Crippen molar-refractivity contribution in [1.29, 1.82) is 0 Å². The standard InChI is InChI=1S/C18H16O/c1-2-7-17(19)18-15-10-5-3-8-13(15)12-14-9-4-6-11-16(14)18/h1,3-6,8-11,17-19H,7,12H2. The average Bonchev–Trinajstić information content (AvgIpc) is 2.44. The normalized spacial score (nSPS) is 15.2. The van der Waals surface area contributed by atoms with Gasteiger partial charge in [-0.2, -0.15) is 0 Å². The number of aliphatic hydroxyl groups excluding tert-OH is 1. The molecule has 3 rings (SSSR count). The van der Waals surface area contributed by atoms with Crippen molar-refractivity contribution in [3.8, 4) is 12.3 Å². The van der Waals surface area contributed by atoms with Crippen molar-refractivity contribution in [3.63, 3.8) is 0 Å². The smallest absolute Gasteiger partial charge is 0.0758 e. The lowest BCUT2D eigenvalue weighted by molar-refractivity contribution is 0.160. The average molecular weight is 248 g/mol. The molecule has 94 valence electrons. The zero-order valence-electron chi connectivity index (χ0n) is 10.7. The molecule has 0 amide bonds. The zero-order chi connectivity index (χ0) is 13.2. The fraction of sp³-hybridized carbons (Fsp3) is 0.222. The number of fused-ring (bicyclic) bond motifs is 2. The van der Waals surface area contributed by atoms with Gasteiger partial charge in [0.2, 0.25) is 0 Å². The third kappa shape index (κ3) is 2.05. The van der Waals surface area contributed by atoms with Crippen molar-refractivity contribution in [3.05, 3.63) is 70.8 Å². The van der Waals surface area contributed by atoms with Crippen LogP contribution in [-0.2, 0) is 6.42 Å². The molecule has 1 nitrogen and oxygen atoms in total. The molecule has 0 saturated heterocycles. The van der Waals surface area contributed by atoms with Crippen LogP contribution in [0.4, 0.5) is 0 Å². The summed E-state index contributed by atoms with van der Waals surface area (Å²) < 4.78 is 0. The van der Waals surface area contributed by atoms with Crippen LogP contribution in [0, 0.1) is 12.3 Å². The summed E-state index contributed by atoms with van der Waals surface area (Å²) in [6.45, 7) is 0. The van der Waals surface area contributed by atoms with Crippen LogP contribution in [0.1, 0.15) is 34.6 Å². The predicted octanol–water partition coefficient (Wildman–Crippen LogP) is 3.11. The molecule has 1 aliphatic carbocycles. The van der Waals surface area contributed by atoms with Gasteiger partial charge in [0, 0.05) is 12.3 Å². The highest BCUT2D eigenvalue weighted by atomic mass is 16.3. The number of aliphatic hydroxyl groups is 1. The van der Waals surface area contributed by atoms with E-state index in [1.807, 2.05) is 12.1 Å². The fourth-order valence-corrected chi connectivity index (χ4v) is 3.02. The molecule has 0 heterocycles. The topological polar surface area (TPSA) is 20.2 Å². The van der Waals surface area contributed by atoms with Crippen LogP contribution in [-0.4, -0.2) is 11.2 Å². The number of rotatable bonds is 2. The Morgan fingerprint density at radius 1 is 1.05 bits per heavy atom. The van der Waals surface area contributed by atoms with Crippen molar-refractivity contribution < 1.29 is 5.11 Å². The third-order valence-corrected chi connectivity index (χ3v) is 3.87. The molecule has 2 aromatic carbocycles. The van der Waals surface area contributed by atoms with E-state index in [0.29, 0.717) is 6.42 Å². The summed E-state index contributed by atoms with van der Waals surface area (Å²) in [6, 6.07) is 16.7. The first-order valence-electron chi connectivity index (χ1n) is 6.58. The predicted molar refractivity (Wildman–Crippen MR) is 77.0 cm³/mol. The number of hydrogen-bond donors (Lipinski definition) is 1.